The summed E-state index contributed by atoms with van der Waals surface area (Å²) in [5.74, 6) is 1.45. The Balaban J connectivity index is 0.00000312. The lowest BCUT2D eigenvalue weighted by atomic mass is 10.0. The van der Waals surface area contributed by atoms with E-state index in [1.807, 2.05) is 18.2 Å². The summed E-state index contributed by atoms with van der Waals surface area (Å²) in [7, 11) is 5.82. The van der Waals surface area contributed by atoms with E-state index in [0.717, 1.165) is 11.3 Å². The van der Waals surface area contributed by atoms with Gasteiger partial charge >= 0.3 is 0 Å². The first-order valence-corrected chi connectivity index (χ1v) is 8.97. The maximum atomic E-state index is 6.14. The lowest BCUT2D eigenvalue weighted by Gasteiger charge is -2.25. The van der Waals surface area contributed by atoms with Crippen LogP contribution in [0.3, 0.4) is 0 Å². The number of methoxy groups -OCH3 is 1. The summed E-state index contributed by atoms with van der Waals surface area (Å²) in [6.07, 6.45) is 7.64. The van der Waals surface area contributed by atoms with Gasteiger partial charge in [0, 0.05) is 11.6 Å². The second-order valence-corrected chi connectivity index (χ2v) is 6.78. The standard InChI is InChI=1S/C19H32N4O.HI/c1-23(2)17(16-12-8-9-13-18(16)24-3)14-21-19(20)22-15-10-6-4-5-7-11-15;/h8-9,12-13,15,17H,4-7,10-11,14H2,1-3H3,(H3,20,21,22);1H. The first-order valence-electron chi connectivity index (χ1n) is 8.97. The van der Waals surface area contributed by atoms with Crippen molar-refractivity contribution in [3.8, 4) is 5.75 Å². The third-order valence-corrected chi connectivity index (χ3v) is 4.76. The van der Waals surface area contributed by atoms with Gasteiger partial charge in [0.25, 0.3) is 0 Å². The van der Waals surface area contributed by atoms with E-state index >= 15 is 0 Å². The summed E-state index contributed by atoms with van der Waals surface area (Å²) in [4.78, 5) is 6.76. The van der Waals surface area contributed by atoms with E-state index < -0.39 is 0 Å². The number of aliphatic imine (C=N–C) groups is 1. The molecular formula is C19H33IN4O. The van der Waals surface area contributed by atoms with Crippen LogP contribution in [0.5, 0.6) is 5.75 Å². The van der Waals surface area contributed by atoms with Crippen LogP contribution >= 0.6 is 24.0 Å². The maximum absolute atomic E-state index is 6.14. The third-order valence-electron chi connectivity index (χ3n) is 4.76. The molecule has 0 spiro atoms. The van der Waals surface area contributed by atoms with Crippen molar-refractivity contribution in [1.29, 1.82) is 0 Å². The van der Waals surface area contributed by atoms with Crippen LogP contribution in [0.25, 0.3) is 0 Å². The van der Waals surface area contributed by atoms with Crippen LogP contribution in [0.4, 0.5) is 0 Å². The van der Waals surface area contributed by atoms with Gasteiger partial charge in [0.2, 0.25) is 0 Å². The second kappa shape index (κ2) is 11.6. The minimum Gasteiger partial charge on any atom is -0.496 e. The summed E-state index contributed by atoms with van der Waals surface area (Å²) in [5, 5.41) is 3.41. The van der Waals surface area contributed by atoms with Crippen molar-refractivity contribution in [1.82, 2.24) is 10.2 Å². The summed E-state index contributed by atoms with van der Waals surface area (Å²) < 4.78 is 5.50. The van der Waals surface area contributed by atoms with E-state index in [2.05, 4.69) is 35.4 Å². The Morgan fingerprint density at radius 1 is 1.24 bits per heavy atom. The number of hydrogen-bond acceptors (Lipinski definition) is 3. The Bertz CT molecular complexity index is 528. The van der Waals surface area contributed by atoms with Gasteiger partial charge in [-0.15, -0.1) is 24.0 Å². The van der Waals surface area contributed by atoms with Crippen LogP contribution in [0.1, 0.15) is 50.1 Å². The van der Waals surface area contributed by atoms with E-state index in [4.69, 9.17) is 10.5 Å². The molecule has 1 atom stereocenters. The monoisotopic (exact) mass is 460 g/mol. The number of benzene rings is 1. The second-order valence-electron chi connectivity index (χ2n) is 6.78. The molecule has 6 heteroatoms. The van der Waals surface area contributed by atoms with Gasteiger partial charge in [-0.05, 0) is 33.0 Å². The van der Waals surface area contributed by atoms with Gasteiger partial charge in [0.05, 0.1) is 19.7 Å². The normalized spacial score (nSPS) is 17.5. The molecule has 142 valence electrons. The van der Waals surface area contributed by atoms with E-state index in [9.17, 15) is 0 Å². The number of nitrogens with one attached hydrogen (secondary N) is 1. The van der Waals surface area contributed by atoms with Gasteiger partial charge in [0.1, 0.15) is 5.75 Å². The largest absolute Gasteiger partial charge is 0.496 e. The number of para-hydroxylation sites is 1. The molecule has 1 saturated carbocycles. The first kappa shape index (κ1) is 22.0. The van der Waals surface area contributed by atoms with Crippen molar-refractivity contribution >= 4 is 29.9 Å². The number of halogens is 1. The molecule has 2 rings (SSSR count). The minimum absolute atomic E-state index is 0. The summed E-state index contributed by atoms with van der Waals surface area (Å²) in [6.45, 7) is 0.610. The molecule has 1 aliphatic carbocycles. The van der Waals surface area contributed by atoms with Crippen LogP contribution in [0.2, 0.25) is 0 Å². The number of guanidine groups is 1. The Labute approximate surface area is 169 Å². The van der Waals surface area contributed by atoms with Crippen molar-refractivity contribution in [2.75, 3.05) is 27.7 Å². The van der Waals surface area contributed by atoms with Crippen molar-refractivity contribution < 1.29 is 4.74 Å². The highest BCUT2D eigenvalue weighted by Gasteiger charge is 2.18. The first-order chi connectivity index (χ1) is 11.6. The van der Waals surface area contributed by atoms with Gasteiger partial charge in [-0.2, -0.15) is 0 Å². The van der Waals surface area contributed by atoms with Crippen LogP contribution < -0.4 is 15.8 Å². The van der Waals surface area contributed by atoms with Gasteiger partial charge in [0.15, 0.2) is 5.96 Å². The zero-order valence-corrected chi connectivity index (χ0v) is 18.0. The molecule has 0 aliphatic heterocycles. The van der Waals surface area contributed by atoms with Crippen molar-refractivity contribution in [2.45, 2.75) is 50.6 Å². The molecule has 0 heterocycles. The molecular weight excluding hydrogens is 427 g/mol. The smallest absolute Gasteiger partial charge is 0.188 e. The molecule has 5 nitrogen and oxygen atoms in total. The van der Waals surface area contributed by atoms with Crippen LogP contribution in [0.15, 0.2) is 29.3 Å². The fourth-order valence-electron chi connectivity index (χ4n) is 3.34. The van der Waals surface area contributed by atoms with E-state index in [1.54, 1.807) is 7.11 Å². The third kappa shape index (κ3) is 7.01. The summed E-state index contributed by atoms with van der Waals surface area (Å²) >= 11 is 0. The predicted molar refractivity (Wildman–Crippen MR) is 116 cm³/mol. The molecule has 0 amide bonds. The molecule has 25 heavy (non-hydrogen) atoms. The maximum Gasteiger partial charge on any atom is 0.188 e. The highest BCUT2D eigenvalue weighted by Crippen LogP contribution is 2.28. The van der Waals surface area contributed by atoms with E-state index in [1.165, 1.54) is 38.5 Å². The highest BCUT2D eigenvalue weighted by atomic mass is 127. The molecule has 0 radical (unpaired) electrons. The van der Waals surface area contributed by atoms with Crippen molar-refractivity contribution in [2.24, 2.45) is 10.7 Å². The van der Waals surface area contributed by atoms with Gasteiger partial charge in [-0.3, -0.25) is 4.99 Å². The Kier molecular flexibility index (Phi) is 10.2. The fraction of sp³-hybridized carbons (Fsp3) is 0.632. The Hall–Kier alpha value is -1.02. The molecule has 0 saturated heterocycles. The van der Waals surface area contributed by atoms with Gasteiger partial charge in [-0.1, -0.05) is 43.9 Å². The van der Waals surface area contributed by atoms with E-state index in [-0.39, 0.29) is 30.0 Å². The molecule has 0 aromatic heterocycles. The average molecular weight is 460 g/mol. The average Bonchev–Trinajstić information content (AvgIpc) is 2.83. The Morgan fingerprint density at radius 2 is 1.88 bits per heavy atom. The SMILES string of the molecule is COc1ccccc1C(CN=C(N)NC1CCCCCC1)N(C)C.I. The van der Waals surface area contributed by atoms with Gasteiger partial charge in [-0.25, -0.2) is 0 Å². The van der Waals surface area contributed by atoms with Gasteiger partial charge < -0.3 is 20.7 Å². The number of nitrogens with zero attached hydrogens (tertiary/aromatic N) is 2. The molecule has 0 bridgehead atoms. The van der Waals surface area contributed by atoms with Crippen molar-refractivity contribution in [3.63, 3.8) is 0 Å². The lowest BCUT2D eigenvalue weighted by molar-refractivity contribution is 0.295. The molecule has 1 unspecified atom stereocenters. The zero-order valence-electron chi connectivity index (χ0n) is 15.7. The number of nitrogens with two attached hydrogens (primary N) is 1. The van der Waals surface area contributed by atoms with Crippen molar-refractivity contribution in [3.05, 3.63) is 29.8 Å². The Morgan fingerprint density at radius 3 is 2.48 bits per heavy atom. The van der Waals surface area contributed by atoms with Crippen LogP contribution in [-0.2, 0) is 0 Å². The van der Waals surface area contributed by atoms with Crippen LogP contribution in [-0.4, -0.2) is 44.7 Å². The number of likely N-dealkylation sites (N-methyl/N-ethyl adjacent to an activating group) is 1. The molecule has 1 aliphatic rings. The summed E-state index contributed by atoms with van der Waals surface area (Å²) in [6, 6.07) is 8.71. The number of rotatable bonds is 6. The highest BCUT2D eigenvalue weighted by molar-refractivity contribution is 14.0. The lowest BCUT2D eigenvalue weighted by Crippen LogP contribution is -2.40. The number of ether oxygens (including phenoxy) is 1. The molecule has 3 N–H and O–H groups in total. The molecule has 1 aromatic rings. The fourth-order valence-corrected chi connectivity index (χ4v) is 3.34. The topological polar surface area (TPSA) is 62.9 Å². The quantitative estimate of drug-likeness (QED) is 0.295. The predicted octanol–water partition coefficient (Wildman–Crippen LogP) is 3.54. The minimum atomic E-state index is 0. The number of hydrogen-bond donors (Lipinski definition) is 2. The molecule has 1 aromatic carbocycles. The van der Waals surface area contributed by atoms with E-state index in [0.29, 0.717) is 18.5 Å². The molecule has 1 fully saturated rings. The van der Waals surface area contributed by atoms with Crippen LogP contribution in [0, 0.1) is 0 Å². The summed E-state index contributed by atoms with van der Waals surface area (Å²) in [5.41, 5.74) is 7.28. The zero-order chi connectivity index (χ0) is 17.4.